The molecule has 2 aliphatic rings. The summed E-state index contributed by atoms with van der Waals surface area (Å²) in [4.78, 5) is -0.157. The number of fused-ring (bicyclic) bond motifs is 1. The topological polar surface area (TPSA) is 69.4 Å². The van der Waals surface area contributed by atoms with Gasteiger partial charge in [-0.3, -0.25) is 0 Å². The van der Waals surface area contributed by atoms with E-state index in [-0.39, 0.29) is 59.3 Å². The second-order valence-corrected chi connectivity index (χ2v) is 14.4. The molecule has 0 N–H and O–H groups in total. The molecule has 0 saturated carbocycles. The molecule has 0 saturated heterocycles. The van der Waals surface area contributed by atoms with E-state index in [1.54, 1.807) is 36.4 Å². The van der Waals surface area contributed by atoms with Crippen LogP contribution in [0.3, 0.4) is 0 Å². The number of rotatable bonds is 6. The van der Waals surface area contributed by atoms with E-state index in [0.717, 1.165) is 40.8 Å². The third-order valence-electron chi connectivity index (χ3n) is 8.72. The quantitative estimate of drug-likeness (QED) is 0.0767. The average Bonchev–Trinajstić information content (AvgIpc) is 3.44. The molecule has 4 aromatic rings. The minimum Gasteiger partial charge on any atom is -0.744 e. The molecule has 0 radical (unpaired) electrons. The summed E-state index contributed by atoms with van der Waals surface area (Å²) in [6.07, 6.45) is 3.88. The van der Waals surface area contributed by atoms with Gasteiger partial charge in [-0.05, 0) is 66.4 Å². The van der Waals surface area contributed by atoms with Gasteiger partial charge in [0.05, 0.1) is 16.2 Å². The minimum absolute atomic E-state index is 0. The zero-order valence-electron chi connectivity index (χ0n) is 27.1. The van der Waals surface area contributed by atoms with Gasteiger partial charge in [0.15, 0.2) is 18.7 Å². The Labute approximate surface area is 306 Å². The minimum atomic E-state index is -4.38. The second-order valence-electron chi connectivity index (χ2n) is 12.2. The van der Waals surface area contributed by atoms with Crippen molar-refractivity contribution in [2.75, 3.05) is 6.61 Å². The zero-order chi connectivity index (χ0) is 31.6. The van der Waals surface area contributed by atoms with Crippen LogP contribution in [0.5, 0.6) is 0 Å². The predicted molar refractivity (Wildman–Crippen MR) is 184 cm³/mol. The van der Waals surface area contributed by atoms with Crippen molar-refractivity contribution in [2.24, 2.45) is 11.3 Å². The summed E-state index contributed by atoms with van der Waals surface area (Å²) in [5, 5.41) is 2.77. The van der Waals surface area contributed by atoms with Gasteiger partial charge in [0.2, 0.25) is 0 Å². The van der Waals surface area contributed by atoms with Crippen LogP contribution < -0.4 is 29.6 Å². The van der Waals surface area contributed by atoms with Crippen LogP contribution in [0.1, 0.15) is 56.7 Å². The third-order valence-corrected chi connectivity index (χ3v) is 10.1. The molecular formula is C37H40Cl2NNaO4S. The van der Waals surface area contributed by atoms with Crippen molar-refractivity contribution in [1.82, 2.24) is 0 Å². The van der Waals surface area contributed by atoms with Crippen LogP contribution in [0.25, 0.3) is 10.8 Å². The Morgan fingerprint density at radius 3 is 2.26 bits per heavy atom. The molecule has 0 bridgehead atoms. The van der Waals surface area contributed by atoms with Gasteiger partial charge in [0.25, 0.3) is 0 Å². The first-order valence-corrected chi connectivity index (χ1v) is 16.9. The summed E-state index contributed by atoms with van der Waals surface area (Å²) in [5.74, 6) is 1.87. The maximum absolute atomic E-state index is 10.9. The standard InChI is InChI=1S/C26H30Cl2NO.C10H8O3S.CH3.Na/c1-5-13-26(4)15-22(19-7-6-8-21(28)14-19)24(18-9-11-20(27)12-10-18)29-23(17(2)3)16-30-25(26)29;11-14(12,13)10-7-3-5-8-4-1-2-6-9(8)10;;/h5-12,14,17,22-24H,1,13,15-16H2,2-4H3;1-7H,(H,11,12,13);1H3;/q+1;;-1;+1/p-1/t22-,23-,24-,26+;;;/m1.../s1. The van der Waals surface area contributed by atoms with E-state index in [1.165, 1.54) is 17.2 Å². The van der Waals surface area contributed by atoms with Gasteiger partial charge < -0.3 is 16.7 Å². The molecule has 5 nitrogen and oxygen atoms in total. The number of hydrogen-bond acceptors (Lipinski definition) is 4. The Bertz CT molecular complexity index is 1800. The Morgan fingerprint density at radius 1 is 0.978 bits per heavy atom. The van der Waals surface area contributed by atoms with Crippen LogP contribution in [-0.4, -0.2) is 36.1 Å². The van der Waals surface area contributed by atoms with Crippen molar-refractivity contribution in [3.05, 3.63) is 132 Å². The predicted octanol–water partition coefficient (Wildman–Crippen LogP) is 6.47. The van der Waals surface area contributed by atoms with E-state index in [2.05, 4.69) is 62.3 Å². The number of benzene rings is 4. The van der Waals surface area contributed by atoms with Gasteiger partial charge in [0, 0.05) is 21.5 Å². The number of halogens is 2. The fourth-order valence-corrected chi connectivity index (χ4v) is 7.70. The van der Waals surface area contributed by atoms with Crippen molar-refractivity contribution >= 4 is 50.0 Å². The Kier molecular flexibility index (Phi) is 13.2. The molecule has 6 rings (SSSR count). The van der Waals surface area contributed by atoms with E-state index in [1.807, 2.05) is 24.3 Å². The first-order valence-electron chi connectivity index (χ1n) is 14.8. The van der Waals surface area contributed by atoms with Gasteiger partial charge in [-0.25, -0.2) is 8.42 Å². The first-order chi connectivity index (χ1) is 20.9. The van der Waals surface area contributed by atoms with Crippen LogP contribution in [-0.2, 0) is 14.9 Å². The Hall–Kier alpha value is -2.16. The maximum atomic E-state index is 10.9. The van der Waals surface area contributed by atoms with Crippen molar-refractivity contribution in [2.45, 2.75) is 56.5 Å². The fraction of sp³-hybridized carbons (Fsp3) is 0.297. The Balaban J connectivity index is 0.000000304. The summed E-state index contributed by atoms with van der Waals surface area (Å²) in [7, 11) is -4.38. The van der Waals surface area contributed by atoms with E-state index < -0.39 is 10.1 Å². The van der Waals surface area contributed by atoms with Gasteiger partial charge in [0.1, 0.15) is 10.1 Å². The molecule has 2 heterocycles. The number of nitrogens with zero attached hydrogens (tertiary/aromatic N) is 1. The molecule has 4 atom stereocenters. The summed E-state index contributed by atoms with van der Waals surface area (Å²) in [6, 6.07) is 28.7. The van der Waals surface area contributed by atoms with Crippen molar-refractivity contribution in [3.63, 3.8) is 0 Å². The third kappa shape index (κ3) is 8.10. The van der Waals surface area contributed by atoms with Gasteiger partial charge in [-0.2, -0.15) is 4.58 Å². The SMILES string of the molecule is C=CC[C@@]1(C)C[C@H](c2cccc(Cl)c2)[C@@H](c2ccc(Cl)cc2)[N+]2=C1OC[C@@H]2C(C)C.O=S(=O)([O-])c1cccc2ccccc12.[CH3-].[Na+]. The van der Waals surface area contributed by atoms with E-state index in [0.29, 0.717) is 17.3 Å². The largest absolute Gasteiger partial charge is 1.00 e. The number of ether oxygens (including phenoxy) is 1. The molecule has 0 amide bonds. The normalized spacial score (nSPS) is 22.1. The molecule has 238 valence electrons. The molecule has 0 fully saturated rings. The van der Waals surface area contributed by atoms with E-state index in [4.69, 9.17) is 27.9 Å². The van der Waals surface area contributed by atoms with Crippen molar-refractivity contribution in [1.29, 1.82) is 0 Å². The molecule has 0 spiro atoms. The molecule has 0 unspecified atom stereocenters. The number of hydrogen-bond donors (Lipinski definition) is 0. The van der Waals surface area contributed by atoms with Crippen molar-refractivity contribution in [3.8, 4) is 0 Å². The smallest absolute Gasteiger partial charge is 0.744 e. The van der Waals surface area contributed by atoms with Crippen molar-refractivity contribution < 1.29 is 51.8 Å². The van der Waals surface area contributed by atoms with E-state index >= 15 is 0 Å². The molecule has 0 aromatic heterocycles. The van der Waals surface area contributed by atoms with Crippen LogP contribution in [0.4, 0.5) is 0 Å². The van der Waals surface area contributed by atoms with Crippen LogP contribution in [0.2, 0.25) is 10.0 Å². The fourth-order valence-electron chi connectivity index (χ4n) is 6.67. The number of allylic oxidation sites excluding steroid dienone is 1. The average molecular weight is 689 g/mol. The second kappa shape index (κ2) is 15.8. The summed E-state index contributed by atoms with van der Waals surface area (Å²) >= 11 is 12.7. The van der Waals surface area contributed by atoms with Gasteiger partial charge in [-0.1, -0.05) is 104 Å². The monoisotopic (exact) mass is 687 g/mol. The van der Waals surface area contributed by atoms with Gasteiger partial charge in [-0.15, -0.1) is 6.58 Å². The summed E-state index contributed by atoms with van der Waals surface area (Å²) in [5.41, 5.74) is 2.44. The van der Waals surface area contributed by atoms with Crippen LogP contribution in [0.15, 0.2) is 109 Å². The molecule has 4 aromatic carbocycles. The molecule has 46 heavy (non-hydrogen) atoms. The first kappa shape index (κ1) is 38.3. The van der Waals surface area contributed by atoms with Crippen LogP contribution >= 0.6 is 23.2 Å². The van der Waals surface area contributed by atoms with E-state index in [9.17, 15) is 13.0 Å². The Morgan fingerprint density at radius 2 is 1.63 bits per heavy atom. The zero-order valence-corrected chi connectivity index (χ0v) is 31.4. The molecule has 9 heteroatoms. The maximum Gasteiger partial charge on any atom is 1.00 e. The molecule has 2 aliphatic heterocycles. The van der Waals surface area contributed by atoms with Crippen LogP contribution in [0, 0.1) is 18.8 Å². The summed E-state index contributed by atoms with van der Waals surface area (Å²) in [6.45, 7) is 11.6. The molecule has 0 aliphatic carbocycles. The summed E-state index contributed by atoms with van der Waals surface area (Å²) < 4.78 is 41.7. The van der Waals surface area contributed by atoms with Gasteiger partial charge >= 0.3 is 35.5 Å². The molecular weight excluding hydrogens is 648 g/mol.